The summed E-state index contributed by atoms with van der Waals surface area (Å²) >= 11 is 0. The Morgan fingerprint density at radius 1 is 1.22 bits per heavy atom. The Bertz CT molecular complexity index is 655. The van der Waals surface area contributed by atoms with E-state index < -0.39 is 6.43 Å². The number of alkyl halides is 2. The van der Waals surface area contributed by atoms with Crippen molar-refractivity contribution in [1.29, 1.82) is 0 Å². The van der Waals surface area contributed by atoms with E-state index in [9.17, 15) is 13.6 Å². The van der Waals surface area contributed by atoms with E-state index in [-0.39, 0.29) is 11.5 Å². The van der Waals surface area contributed by atoms with Crippen molar-refractivity contribution >= 4 is 11.7 Å². The van der Waals surface area contributed by atoms with Crippen LogP contribution in [0.25, 0.3) is 0 Å². The van der Waals surface area contributed by atoms with Gasteiger partial charge in [0.25, 0.3) is 12.3 Å². The fraction of sp³-hybridized carbons (Fsp3) is 0.176. The van der Waals surface area contributed by atoms with E-state index in [1.54, 1.807) is 30.3 Å². The molecule has 120 valence electrons. The van der Waals surface area contributed by atoms with E-state index in [1.807, 2.05) is 0 Å². The minimum atomic E-state index is -2.46. The van der Waals surface area contributed by atoms with Crippen molar-refractivity contribution < 1.29 is 13.6 Å². The lowest BCUT2D eigenvalue weighted by Gasteiger charge is -2.08. The van der Waals surface area contributed by atoms with Gasteiger partial charge in [-0.2, -0.15) is 0 Å². The Hall–Kier alpha value is -2.76. The maximum absolute atomic E-state index is 12.5. The molecule has 0 saturated carbocycles. The minimum Gasteiger partial charge on any atom is -0.366 e. The number of nitrogens with one attached hydrogen (secondary N) is 2. The average Bonchev–Trinajstić information content (AvgIpc) is 2.58. The van der Waals surface area contributed by atoms with Crippen molar-refractivity contribution in [3.05, 3.63) is 71.9 Å². The highest BCUT2D eigenvalue weighted by Gasteiger charge is 2.06. The minimum absolute atomic E-state index is 0.00163. The summed E-state index contributed by atoms with van der Waals surface area (Å²) in [5.41, 5.74) is 1.32. The number of carbonyl (C=O) groups excluding carboxylic acids is 1. The predicted octanol–water partition coefficient (Wildman–Crippen LogP) is 3.55. The average molecular weight is 317 g/mol. The number of hydrogen-bond donors (Lipinski definition) is 2. The van der Waals surface area contributed by atoms with Crippen LogP contribution in [-0.2, 0) is 6.54 Å². The Kier molecular flexibility index (Phi) is 5.80. The van der Waals surface area contributed by atoms with Gasteiger partial charge in [-0.25, -0.2) is 13.8 Å². The van der Waals surface area contributed by atoms with Crippen LogP contribution in [0.2, 0.25) is 0 Å². The van der Waals surface area contributed by atoms with E-state index in [2.05, 4.69) is 22.2 Å². The van der Waals surface area contributed by atoms with E-state index >= 15 is 0 Å². The second-order valence-electron chi connectivity index (χ2n) is 4.83. The zero-order valence-corrected chi connectivity index (χ0v) is 12.4. The Morgan fingerprint density at radius 2 is 1.96 bits per heavy atom. The fourth-order valence-corrected chi connectivity index (χ4v) is 1.87. The first kappa shape index (κ1) is 16.6. The van der Waals surface area contributed by atoms with Gasteiger partial charge < -0.3 is 10.6 Å². The second kappa shape index (κ2) is 8.03. The lowest BCUT2D eigenvalue weighted by Crippen LogP contribution is -2.23. The highest BCUT2D eigenvalue weighted by atomic mass is 19.3. The van der Waals surface area contributed by atoms with Crippen LogP contribution in [-0.4, -0.2) is 17.4 Å². The normalized spacial score (nSPS) is 10.4. The second-order valence-corrected chi connectivity index (χ2v) is 4.83. The van der Waals surface area contributed by atoms with Gasteiger partial charge in [-0.3, -0.25) is 4.79 Å². The van der Waals surface area contributed by atoms with Crippen LogP contribution in [0.1, 0.15) is 27.9 Å². The first-order valence-corrected chi connectivity index (χ1v) is 7.06. The molecule has 0 atom stereocenters. The zero-order chi connectivity index (χ0) is 16.7. The van der Waals surface area contributed by atoms with Crippen molar-refractivity contribution in [3.63, 3.8) is 0 Å². The molecule has 0 saturated heterocycles. The molecule has 1 amide bonds. The van der Waals surface area contributed by atoms with Gasteiger partial charge in [-0.05, 0) is 17.7 Å². The molecule has 0 unspecified atom stereocenters. The number of pyridine rings is 1. The van der Waals surface area contributed by atoms with Crippen LogP contribution in [0, 0.1) is 0 Å². The van der Waals surface area contributed by atoms with Crippen molar-refractivity contribution in [3.8, 4) is 0 Å². The van der Waals surface area contributed by atoms with Gasteiger partial charge in [0.05, 0.1) is 5.56 Å². The Labute approximate surface area is 133 Å². The molecule has 0 aliphatic carbocycles. The Morgan fingerprint density at radius 3 is 2.52 bits per heavy atom. The summed E-state index contributed by atoms with van der Waals surface area (Å²) in [5, 5.41) is 5.73. The van der Waals surface area contributed by atoms with Crippen LogP contribution in [0.5, 0.6) is 0 Å². The number of benzene rings is 1. The lowest BCUT2D eigenvalue weighted by molar-refractivity contribution is 0.0957. The molecule has 0 aliphatic heterocycles. The van der Waals surface area contributed by atoms with Crippen LogP contribution in [0.4, 0.5) is 14.6 Å². The summed E-state index contributed by atoms with van der Waals surface area (Å²) in [7, 11) is 0. The third-order valence-corrected chi connectivity index (χ3v) is 3.14. The van der Waals surface area contributed by atoms with E-state index in [0.29, 0.717) is 24.5 Å². The molecule has 2 rings (SSSR count). The van der Waals surface area contributed by atoms with Gasteiger partial charge in [0.2, 0.25) is 0 Å². The molecule has 6 heteroatoms. The first-order valence-electron chi connectivity index (χ1n) is 7.06. The van der Waals surface area contributed by atoms with Crippen molar-refractivity contribution in [1.82, 2.24) is 10.3 Å². The number of halogens is 2. The number of anilines is 1. The van der Waals surface area contributed by atoms with Gasteiger partial charge in [-0.15, -0.1) is 6.58 Å². The molecule has 0 bridgehead atoms. The standard InChI is InChI=1S/C17H17F2N3O/c1-2-9-20-17(23)14-7-8-15(22-11-14)21-10-12-3-5-13(6-4-12)16(18)19/h2-8,11,16H,1,9-10H2,(H,20,23)(H,21,22). The molecular weight excluding hydrogens is 300 g/mol. The van der Waals surface area contributed by atoms with Crippen molar-refractivity contribution in [2.24, 2.45) is 0 Å². The summed E-state index contributed by atoms with van der Waals surface area (Å²) in [6, 6.07) is 9.45. The van der Waals surface area contributed by atoms with Crippen LogP contribution in [0.3, 0.4) is 0 Å². The SMILES string of the molecule is C=CCNC(=O)c1ccc(NCc2ccc(C(F)F)cc2)nc1. The van der Waals surface area contributed by atoms with Gasteiger partial charge in [0.15, 0.2) is 0 Å². The van der Waals surface area contributed by atoms with Gasteiger partial charge in [0, 0.05) is 24.8 Å². The van der Waals surface area contributed by atoms with Crippen LogP contribution in [0.15, 0.2) is 55.3 Å². The summed E-state index contributed by atoms with van der Waals surface area (Å²) < 4.78 is 24.9. The predicted molar refractivity (Wildman–Crippen MR) is 85.5 cm³/mol. The van der Waals surface area contributed by atoms with E-state index in [1.165, 1.54) is 18.3 Å². The molecule has 2 aromatic rings. The van der Waals surface area contributed by atoms with Crippen LogP contribution >= 0.6 is 0 Å². The third-order valence-electron chi connectivity index (χ3n) is 3.14. The topological polar surface area (TPSA) is 54.0 Å². The molecule has 0 spiro atoms. The third kappa shape index (κ3) is 4.88. The highest BCUT2D eigenvalue weighted by Crippen LogP contribution is 2.19. The van der Waals surface area contributed by atoms with Gasteiger partial charge in [0.1, 0.15) is 5.82 Å². The molecule has 23 heavy (non-hydrogen) atoms. The summed E-state index contributed by atoms with van der Waals surface area (Å²) in [6.07, 6.45) is 0.611. The molecule has 2 N–H and O–H groups in total. The maximum atomic E-state index is 12.5. The first-order chi connectivity index (χ1) is 11.1. The quantitative estimate of drug-likeness (QED) is 0.768. The molecule has 1 aromatic carbocycles. The van der Waals surface area contributed by atoms with Crippen LogP contribution < -0.4 is 10.6 Å². The molecule has 1 aromatic heterocycles. The smallest absolute Gasteiger partial charge is 0.263 e. The number of amides is 1. The number of rotatable bonds is 7. The largest absolute Gasteiger partial charge is 0.366 e. The number of carbonyl (C=O) groups is 1. The monoisotopic (exact) mass is 317 g/mol. The number of aromatic nitrogens is 1. The van der Waals surface area contributed by atoms with Gasteiger partial charge in [-0.1, -0.05) is 30.3 Å². The van der Waals surface area contributed by atoms with Crippen molar-refractivity contribution in [2.75, 3.05) is 11.9 Å². The highest BCUT2D eigenvalue weighted by molar-refractivity contribution is 5.94. The Balaban J connectivity index is 1.90. The molecule has 4 nitrogen and oxygen atoms in total. The summed E-state index contributed by atoms with van der Waals surface area (Å²) in [4.78, 5) is 15.9. The molecule has 0 fully saturated rings. The van der Waals surface area contributed by atoms with E-state index in [4.69, 9.17) is 0 Å². The molecule has 0 radical (unpaired) electrons. The van der Waals surface area contributed by atoms with Gasteiger partial charge >= 0.3 is 0 Å². The van der Waals surface area contributed by atoms with E-state index in [0.717, 1.165) is 5.56 Å². The zero-order valence-electron chi connectivity index (χ0n) is 12.4. The maximum Gasteiger partial charge on any atom is 0.263 e. The summed E-state index contributed by atoms with van der Waals surface area (Å²) in [6.45, 7) is 4.38. The number of hydrogen-bond acceptors (Lipinski definition) is 3. The molecule has 1 heterocycles. The molecular formula is C17H17F2N3O. The lowest BCUT2D eigenvalue weighted by atomic mass is 10.1. The number of nitrogens with zero attached hydrogens (tertiary/aromatic N) is 1. The molecule has 0 aliphatic rings. The fourth-order valence-electron chi connectivity index (χ4n) is 1.87. The summed E-state index contributed by atoms with van der Waals surface area (Å²) in [5.74, 6) is 0.384. The van der Waals surface area contributed by atoms with Crippen molar-refractivity contribution in [2.45, 2.75) is 13.0 Å².